The van der Waals surface area contributed by atoms with Crippen LogP contribution in [0.4, 0.5) is 5.82 Å². The van der Waals surface area contributed by atoms with Gasteiger partial charge in [-0.2, -0.15) is 0 Å². The predicted molar refractivity (Wildman–Crippen MR) is 81.5 cm³/mol. The number of hydrogen-bond donors (Lipinski definition) is 1. The third-order valence-corrected chi connectivity index (χ3v) is 3.92. The second-order valence-electron chi connectivity index (χ2n) is 4.57. The van der Waals surface area contributed by atoms with Crippen LogP contribution in [0.2, 0.25) is 0 Å². The minimum Gasteiger partial charge on any atom is -0.360 e. The van der Waals surface area contributed by atoms with E-state index in [-0.39, 0.29) is 5.91 Å². The molecule has 2 heterocycles. The highest BCUT2D eigenvalue weighted by Crippen LogP contribution is 2.27. The molecule has 0 fully saturated rings. The fourth-order valence-corrected chi connectivity index (χ4v) is 2.83. The SMILES string of the molecule is Cc1cc(NC(=O)c2nc(-c3ccccc3)sc2C)no1. The first-order valence-electron chi connectivity index (χ1n) is 6.41. The standard InChI is InChI=1S/C15H13N3O2S/c1-9-8-12(18-20-9)16-14(19)13-10(2)21-15(17-13)11-6-4-3-5-7-11/h3-8H,1-2H3,(H,16,18,19). The first-order valence-corrected chi connectivity index (χ1v) is 7.22. The Morgan fingerprint density at radius 1 is 1.24 bits per heavy atom. The van der Waals surface area contributed by atoms with E-state index < -0.39 is 0 Å². The maximum absolute atomic E-state index is 12.2. The summed E-state index contributed by atoms with van der Waals surface area (Å²) >= 11 is 1.50. The fourth-order valence-electron chi connectivity index (χ4n) is 1.91. The third-order valence-electron chi connectivity index (χ3n) is 2.90. The number of thiazole rings is 1. The molecular formula is C15H13N3O2S. The molecule has 0 spiro atoms. The summed E-state index contributed by atoms with van der Waals surface area (Å²) in [7, 11) is 0. The first kappa shape index (κ1) is 13.5. The van der Waals surface area contributed by atoms with Gasteiger partial charge in [0.05, 0.1) is 0 Å². The Kier molecular flexibility index (Phi) is 3.53. The molecule has 0 aliphatic heterocycles. The van der Waals surface area contributed by atoms with Crippen LogP contribution in [0, 0.1) is 13.8 Å². The summed E-state index contributed by atoms with van der Waals surface area (Å²) in [4.78, 5) is 17.5. The van der Waals surface area contributed by atoms with Crippen LogP contribution in [0.25, 0.3) is 10.6 Å². The zero-order chi connectivity index (χ0) is 14.8. The van der Waals surface area contributed by atoms with E-state index >= 15 is 0 Å². The van der Waals surface area contributed by atoms with E-state index in [4.69, 9.17) is 4.52 Å². The highest BCUT2D eigenvalue weighted by molar-refractivity contribution is 7.15. The molecule has 3 rings (SSSR count). The van der Waals surface area contributed by atoms with Gasteiger partial charge in [0.1, 0.15) is 16.5 Å². The van der Waals surface area contributed by atoms with Gasteiger partial charge in [0.25, 0.3) is 5.91 Å². The Labute approximate surface area is 125 Å². The number of hydrogen-bond acceptors (Lipinski definition) is 5. The van der Waals surface area contributed by atoms with Crippen LogP contribution in [0.3, 0.4) is 0 Å². The van der Waals surface area contributed by atoms with Gasteiger partial charge in [-0.1, -0.05) is 35.5 Å². The van der Waals surface area contributed by atoms with Crippen LogP contribution < -0.4 is 5.32 Å². The quantitative estimate of drug-likeness (QED) is 0.801. The normalized spacial score (nSPS) is 10.6. The Balaban J connectivity index is 1.86. The molecule has 0 unspecified atom stereocenters. The lowest BCUT2D eigenvalue weighted by atomic mass is 10.2. The molecule has 1 amide bonds. The molecular weight excluding hydrogens is 286 g/mol. The van der Waals surface area contributed by atoms with Crippen molar-refractivity contribution in [2.24, 2.45) is 0 Å². The number of aryl methyl sites for hydroxylation is 2. The molecule has 1 N–H and O–H groups in total. The minimum atomic E-state index is -0.278. The first-order chi connectivity index (χ1) is 10.1. The molecule has 0 radical (unpaired) electrons. The summed E-state index contributed by atoms with van der Waals surface area (Å²) < 4.78 is 4.92. The number of rotatable bonds is 3. The summed E-state index contributed by atoms with van der Waals surface area (Å²) in [5, 5.41) is 7.26. The van der Waals surface area contributed by atoms with Gasteiger partial charge in [0.15, 0.2) is 5.82 Å². The number of amides is 1. The average Bonchev–Trinajstić information content (AvgIpc) is 3.06. The van der Waals surface area contributed by atoms with E-state index in [2.05, 4.69) is 15.5 Å². The molecule has 3 aromatic rings. The minimum absolute atomic E-state index is 0.278. The molecule has 1 aromatic carbocycles. The van der Waals surface area contributed by atoms with E-state index in [9.17, 15) is 4.79 Å². The number of nitrogens with one attached hydrogen (secondary N) is 1. The van der Waals surface area contributed by atoms with E-state index in [1.807, 2.05) is 37.3 Å². The van der Waals surface area contributed by atoms with Crippen molar-refractivity contribution in [2.75, 3.05) is 5.32 Å². The maximum Gasteiger partial charge on any atom is 0.276 e. The second kappa shape index (κ2) is 5.49. The monoisotopic (exact) mass is 299 g/mol. The van der Waals surface area contributed by atoms with E-state index in [1.54, 1.807) is 13.0 Å². The van der Waals surface area contributed by atoms with Crippen LogP contribution in [-0.4, -0.2) is 16.0 Å². The molecule has 2 aromatic heterocycles. The van der Waals surface area contributed by atoms with Crippen molar-refractivity contribution in [3.05, 3.63) is 52.7 Å². The van der Waals surface area contributed by atoms with Crippen LogP contribution in [0.1, 0.15) is 21.1 Å². The Morgan fingerprint density at radius 3 is 2.67 bits per heavy atom. The molecule has 0 atom stereocenters. The highest BCUT2D eigenvalue weighted by atomic mass is 32.1. The van der Waals surface area contributed by atoms with Gasteiger partial charge in [-0.05, 0) is 13.8 Å². The summed E-state index contributed by atoms with van der Waals surface area (Å²) in [6.45, 7) is 3.65. The smallest absolute Gasteiger partial charge is 0.276 e. The number of nitrogens with zero attached hydrogens (tertiary/aromatic N) is 2. The Bertz CT molecular complexity index is 777. The van der Waals surface area contributed by atoms with Crippen molar-refractivity contribution in [2.45, 2.75) is 13.8 Å². The van der Waals surface area contributed by atoms with Gasteiger partial charge in [-0.3, -0.25) is 4.79 Å². The van der Waals surface area contributed by atoms with Gasteiger partial charge >= 0.3 is 0 Å². The van der Waals surface area contributed by atoms with Crippen LogP contribution in [0.5, 0.6) is 0 Å². The topological polar surface area (TPSA) is 68.0 Å². The number of carbonyl (C=O) groups excluding carboxylic acids is 1. The Hall–Kier alpha value is -2.47. The van der Waals surface area contributed by atoms with E-state index in [0.29, 0.717) is 17.3 Å². The molecule has 0 bridgehead atoms. The van der Waals surface area contributed by atoms with Gasteiger partial charge in [-0.25, -0.2) is 4.98 Å². The number of benzene rings is 1. The third kappa shape index (κ3) is 2.85. The van der Waals surface area contributed by atoms with Crippen molar-refractivity contribution in [1.29, 1.82) is 0 Å². The molecule has 5 nitrogen and oxygen atoms in total. The summed E-state index contributed by atoms with van der Waals surface area (Å²) in [6.07, 6.45) is 0. The van der Waals surface area contributed by atoms with Gasteiger partial charge in [0.2, 0.25) is 0 Å². The fraction of sp³-hybridized carbons (Fsp3) is 0.133. The Morgan fingerprint density at radius 2 is 2.00 bits per heavy atom. The van der Waals surface area contributed by atoms with Gasteiger partial charge in [0, 0.05) is 16.5 Å². The van der Waals surface area contributed by atoms with Crippen LogP contribution >= 0.6 is 11.3 Å². The lowest BCUT2D eigenvalue weighted by Gasteiger charge is -1.98. The number of carbonyl (C=O) groups is 1. The largest absolute Gasteiger partial charge is 0.360 e. The molecule has 106 valence electrons. The van der Waals surface area contributed by atoms with Crippen molar-refractivity contribution in [3.63, 3.8) is 0 Å². The summed E-state index contributed by atoms with van der Waals surface area (Å²) in [5.41, 5.74) is 1.42. The second-order valence-corrected chi connectivity index (χ2v) is 5.77. The van der Waals surface area contributed by atoms with Gasteiger partial charge < -0.3 is 9.84 Å². The zero-order valence-electron chi connectivity index (χ0n) is 11.6. The van der Waals surface area contributed by atoms with Crippen molar-refractivity contribution < 1.29 is 9.32 Å². The molecule has 0 aliphatic rings. The molecule has 0 aliphatic carbocycles. The molecule has 0 saturated carbocycles. The summed E-state index contributed by atoms with van der Waals surface area (Å²) in [6, 6.07) is 11.5. The average molecular weight is 299 g/mol. The lowest BCUT2D eigenvalue weighted by molar-refractivity contribution is 0.102. The number of aromatic nitrogens is 2. The molecule has 21 heavy (non-hydrogen) atoms. The van der Waals surface area contributed by atoms with Crippen molar-refractivity contribution in [1.82, 2.24) is 10.1 Å². The molecule has 0 saturated heterocycles. The predicted octanol–water partition coefficient (Wildman–Crippen LogP) is 3.67. The number of anilines is 1. The summed E-state index contributed by atoms with van der Waals surface area (Å²) in [5.74, 6) is 0.760. The van der Waals surface area contributed by atoms with Crippen LogP contribution in [0.15, 0.2) is 40.9 Å². The maximum atomic E-state index is 12.2. The lowest BCUT2D eigenvalue weighted by Crippen LogP contribution is -2.13. The zero-order valence-corrected chi connectivity index (χ0v) is 12.4. The van der Waals surface area contributed by atoms with Gasteiger partial charge in [-0.15, -0.1) is 11.3 Å². The molecule has 6 heteroatoms. The highest BCUT2D eigenvalue weighted by Gasteiger charge is 2.17. The van der Waals surface area contributed by atoms with Crippen molar-refractivity contribution in [3.8, 4) is 10.6 Å². The van der Waals surface area contributed by atoms with Crippen LogP contribution in [-0.2, 0) is 0 Å². The van der Waals surface area contributed by atoms with E-state index in [1.165, 1.54) is 11.3 Å². The van der Waals surface area contributed by atoms with E-state index in [0.717, 1.165) is 15.4 Å². The van der Waals surface area contributed by atoms with Crippen molar-refractivity contribution >= 4 is 23.1 Å².